The number of rotatable bonds is 3. The van der Waals surface area contributed by atoms with E-state index < -0.39 is 0 Å². The first kappa shape index (κ1) is 12.4. The smallest absolute Gasteiger partial charge is 0.315 e. The number of nitrogens with two attached hydrogens (primary N) is 1. The van der Waals surface area contributed by atoms with Crippen molar-refractivity contribution < 1.29 is 4.42 Å². The van der Waals surface area contributed by atoms with Crippen LogP contribution in [0.4, 0.5) is 6.01 Å². The standard InChI is InChI=1S/C12H22N4O/c1-8-4-3-5-10(7-6-8)14-12-16-15-11(17-12)9(2)13/h8-10H,3-7,13H2,1-2H3,(H,14,16). The Balaban J connectivity index is 1.90. The van der Waals surface area contributed by atoms with E-state index in [9.17, 15) is 0 Å². The zero-order valence-electron chi connectivity index (χ0n) is 10.6. The lowest BCUT2D eigenvalue weighted by Crippen LogP contribution is -2.18. The number of nitrogens with one attached hydrogen (secondary N) is 1. The van der Waals surface area contributed by atoms with E-state index in [1.54, 1.807) is 0 Å². The average Bonchev–Trinajstić information content (AvgIpc) is 2.65. The summed E-state index contributed by atoms with van der Waals surface area (Å²) >= 11 is 0. The minimum atomic E-state index is -0.202. The van der Waals surface area contributed by atoms with Crippen molar-refractivity contribution >= 4 is 6.01 Å². The fourth-order valence-corrected chi connectivity index (χ4v) is 2.28. The van der Waals surface area contributed by atoms with E-state index in [0.717, 1.165) is 5.92 Å². The summed E-state index contributed by atoms with van der Waals surface area (Å²) in [5, 5.41) is 11.2. The van der Waals surface area contributed by atoms with Crippen molar-refractivity contribution in [2.24, 2.45) is 11.7 Å². The summed E-state index contributed by atoms with van der Waals surface area (Å²) < 4.78 is 5.46. The molecule has 1 heterocycles. The van der Waals surface area contributed by atoms with Gasteiger partial charge in [-0.05, 0) is 32.1 Å². The zero-order chi connectivity index (χ0) is 12.3. The van der Waals surface area contributed by atoms with Gasteiger partial charge >= 0.3 is 6.01 Å². The van der Waals surface area contributed by atoms with Crippen molar-refractivity contribution in [2.45, 2.75) is 58.0 Å². The van der Waals surface area contributed by atoms with Crippen LogP contribution in [0.2, 0.25) is 0 Å². The van der Waals surface area contributed by atoms with Gasteiger partial charge < -0.3 is 15.5 Å². The molecule has 1 aliphatic carbocycles. The fraction of sp³-hybridized carbons (Fsp3) is 0.833. The molecule has 1 aliphatic rings. The molecule has 2 rings (SSSR count). The van der Waals surface area contributed by atoms with Crippen LogP contribution in [0.1, 0.15) is 57.9 Å². The Hall–Kier alpha value is -1.10. The monoisotopic (exact) mass is 238 g/mol. The number of hydrogen-bond donors (Lipinski definition) is 2. The third-order valence-electron chi connectivity index (χ3n) is 3.42. The van der Waals surface area contributed by atoms with Gasteiger partial charge in [-0.25, -0.2) is 0 Å². The summed E-state index contributed by atoms with van der Waals surface area (Å²) in [6.45, 7) is 4.16. The Kier molecular flexibility index (Phi) is 3.99. The predicted molar refractivity (Wildman–Crippen MR) is 66.6 cm³/mol. The van der Waals surface area contributed by atoms with E-state index in [0.29, 0.717) is 17.9 Å². The van der Waals surface area contributed by atoms with Crippen molar-refractivity contribution in [2.75, 3.05) is 5.32 Å². The molecule has 0 radical (unpaired) electrons. The van der Waals surface area contributed by atoms with Gasteiger partial charge in [-0.1, -0.05) is 24.9 Å². The van der Waals surface area contributed by atoms with Crippen LogP contribution < -0.4 is 11.1 Å². The molecule has 0 saturated heterocycles. The molecule has 1 saturated carbocycles. The molecule has 0 amide bonds. The van der Waals surface area contributed by atoms with E-state index >= 15 is 0 Å². The topological polar surface area (TPSA) is 77.0 Å². The Morgan fingerprint density at radius 2 is 2.12 bits per heavy atom. The lowest BCUT2D eigenvalue weighted by Gasteiger charge is -2.14. The summed E-state index contributed by atoms with van der Waals surface area (Å²) in [5.41, 5.74) is 5.68. The van der Waals surface area contributed by atoms with E-state index in [-0.39, 0.29) is 6.04 Å². The quantitative estimate of drug-likeness (QED) is 0.791. The number of aromatic nitrogens is 2. The van der Waals surface area contributed by atoms with Gasteiger partial charge in [-0.15, -0.1) is 5.10 Å². The molecular weight excluding hydrogens is 216 g/mol. The summed E-state index contributed by atoms with van der Waals surface area (Å²) in [6.07, 6.45) is 6.23. The summed E-state index contributed by atoms with van der Waals surface area (Å²) in [4.78, 5) is 0. The van der Waals surface area contributed by atoms with Gasteiger partial charge in [-0.2, -0.15) is 0 Å². The molecule has 1 aromatic heterocycles. The second-order valence-corrected chi connectivity index (χ2v) is 5.19. The highest BCUT2D eigenvalue weighted by Crippen LogP contribution is 2.24. The molecule has 1 aromatic rings. The van der Waals surface area contributed by atoms with Crippen LogP contribution in [0.5, 0.6) is 0 Å². The largest absolute Gasteiger partial charge is 0.406 e. The van der Waals surface area contributed by atoms with Crippen molar-refractivity contribution in [3.8, 4) is 0 Å². The van der Waals surface area contributed by atoms with Gasteiger partial charge in [-0.3, -0.25) is 0 Å². The van der Waals surface area contributed by atoms with Gasteiger partial charge in [0.15, 0.2) is 0 Å². The minimum absolute atomic E-state index is 0.202. The second kappa shape index (κ2) is 5.49. The van der Waals surface area contributed by atoms with Gasteiger partial charge in [0, 0.05) is 6.04 Å². The Bertz CT molecular complexity index is 350. The molecule has 17 heavy (non-hydrogen) atoms. The average molecular weight is 238 g/mol. The highest BCUT2D eigenvalue weighted by atomic mass is 16.4. The molecule has 0 aromatic carbocycles. The highest BCUT2D eigenvalue weighted by Gasteiger charge is 2.18. The molecule has 96 valence electrons. The van der Waals surface area contributed by atoms with Gasteiger partial charge in [0.2, 0.25) is 5.89 Å². The molecule has 0 aliphatic heterocycles. The third-order valence-corrected chi connectivity index (χ3v) is 3.42. The van der Waals surface area contributed by atoms with Crippen molar-refractivity contribution in [1.82, 2.24) is 10.2 Å². The van der Waals surface area contributed by atoms with Crippen LogP contribution in [0.25, 0.3) is 0 Å². The van der Waals surface area contributed by atoms with E-state index in [1.165, 1.54) is 32.1 Å². The first-order chi connectivity index (χ1) is 8.15. The number of nitrogens with zero attached hydrogens (tertiary/aromatic N) is 2. The van der Waals surface area contributed by atoms with Crippen LogP contribution in [0.3, 0.4) is 0 Å². The molecule has 1 fully saturated rings. The van der Waals surface area contributed by atoms with Crippen LogP contribution >= 0.6 is 0 Å². The Labute approximate surface area is 102 Å². The summed E-state index contributed by atoms with van der Waals surface area (Å²) in [7, 11) is 0. The Morgan fingerprint density at radius 3 is 2.82 bits per heavy atom. The van der Waals surface area contributed by atoms with Crippen molar-refractivity contribution in [1.29, 1.82) is 0 Å². The first-order valence-corrected chi connectivity index (χ1v) is 6.50. The summed E-state index contributed by atoms with van der Waals surface area (Å²) in [6, 6.07) is 0.769. The van der Waals surface area contributed by atoms with Gasteiger partial charge in [0.25, 0.3) is 0 Å². The van der Waals surface area contributed by atoms with Crippen LogP contribution in [0, 0.1) is 5.92 Å². The lowest BCUT2D eigenvalue weighted by molar-refractivity contribution is 0.462. The molecule has 5 nitrogen and oxygen atoms in total. The molecule has 3 unspecified atom stereocenters. The van der Waals surface area contributed by atoms with Crippen LogP contribution in [-0.2, 0) is 0 Å². The van der Waals surface area contributed by atoms with Gasteiger partial charge in [0.05, 0.1) is 6.04 Å². The van der Waals surface area contributed by atoms with Gasteiger partial charge in [0.1, 0.15) is 0 Å². The van der Waals surface area contributed by atoms with E-state index in [4.69, 9.17) is 10.2 Å². The third kappa shape index (κ3) is 3.43. The van der Waals surface area contributed by atoms with Crippen LogP contribution in [-0.4, -0.2) is 16.2 Å². The fourth-order valence-electron chi connectivity index (χ4n) is 2.28. The Morgan fingerprint density at radius 1 is 1.29 bits per heavy atom. The molecule has 0 bridgehead atoms. The number of hydrogen-bond acceptors (Lipinski definition) is 5. The minimum Gasteiger partial charge on any atom is -0.406 e. The van der Waals surface area contributed by atoms with Crippen molar-refractivity contribution in [3.05, 3.63) is 5.89 Å². The maximum atomic E-state index is 5.68. The second-order valence-electron chi connectivity index (χ2n) is 5.19. The molecule has 5 heteroatoms. The zero-order valence-corrected chi connectivity index (χ0v) is 10.6. The lowest BCUT2D eigenvalue weighted by atomic mass is 10.0. The maximum absolute atomic E-state index is 5.68. The normalized spacial score (nSPS) is 27.5. The van der Waals surface area contributed by atoms with E-state index in [2.05, 4.69) is 22.4 Å². The number of anilines is 1. The van der Waals surface area contributed by atoms with E-state index in [1.807, 2.05) is 6.92 Å². The van der Waals surface area contributed by atoms with Crippen LogP contribution in [0.15, 0.2) is 4.42 Å². The maximum Gasteiger partial charge on any atom is 0.315 e. The predicted octanol–water partition coefficient (Wildman–Crippen LogP) is 2.47. The molecular formula is C12H22N4O. The SMILES string of the molecule is CC1CCCC(Nc2nnc(C(C)N)o2)CC1. The van der Waals surface area contributed by atoms with Crippen molar-refractivity contribution in [3.63, 3.8) is 0 Å². The molecule has 3 N–H and O–H groups in total. The first-order valence-electron chi connectivity index (χ1n) is 6.50. The highest BCUT2D eigenvalue weighted by molar-refractivity contribution is 5.19. The molecule has 0 spiro atoms. The summed E-state index contributed by atoms with van der Waals surface area (Å²) in [5.74, 6) is 1.33. The molecule has 3 atom stereocenters.